The SMILES string of the molecule is C[C@H](OC(=O)C[C@H](C[C@H](O)CC(=O)C[C@@H]1C[C@H](COC(c2ccccc2)(c2ccccc2)c2ccccc2)O[C@H](c2ccccc2)O1)O[Si](C)(C)C(C)(C)C)c1ccc2ccccc2c1. The van der Waals surface area contributed by atoms with Gasteiger partial charge in [0.05, 0.1) is 37.4 Å². The second-order valence-electron chi connectivity index (χ2n) is 18.9. The van der Waals surface area contributed by atoms with Gasteiger partial charge < -0.3 is 28.5 Å². The molecule has 0 aliphatic carbocycles. The summed E-state index contributed by atoms with van der Waals surface area (Å²) in [6.45, 7) is 12.7. The molecule has 9 heteroatoms. The Labute approximate surface area is 386 Å². The van der Waals surface area contributed by atoms with Crippen LogP contribution in [0.15, 0.2) is 164 Å². The first-order valence-corrected chi connectivity index (χ1v) is 25.8. The van der Waals surface area contributed by atoms with E-state index in [9.17, 15) is 14.7 Å². The number of carbonyl (C=O) groups is 2. The molecule has 0 saturated carbocycles. The average molecular weight is 893 g/mol. The lowest BCUT2D eigenvalue weighted by Gasteiger charge is -2.40. The van der Waals surface area contributed by atoms with Crippen molar-refractivity contribution in [1.29, 1.82) is 0 Å². The molecule has 7 rings (SSSR count). The molecule has 1 aliphatic rings. The van der Waals surface area contributed by atoms with Gasteiger partial charge in [-0.1, -0.05) is 178 Å². The molecule has 1 saturated heterocycles. The molecule has 8 nitrogen and oxygen atoms in total. The molecule has 0 radical (unpaired) electrons. The summed E-state index contributed by atoms with van der Waals surface area (Å²) >= 11 is 0. The summed E-state index contributed by atoms with van der Waals surface area (Å²) in [5, 5.41) is 13.6. The number of Topliss-reactive ketones (excluding diaryl/α,β-unsaturated/α-hetero) is 1. The normalized spacial score (nSPS) is 18.4. The number of aliphatic hydroxyl groups is 1. The molecule has 1 heterocycles. The first kappa shape index (κ1) is 47.7. The molecule has 0 unspecified atom stereocenters. The summed E-state index contributed by atoms with van der Waals surface area (Å²) in [6.07, 6.45) is -3.42. The molecule has 0 spiro atoms. The Morgan fingerprint density at radius 1 is 0.692 bits per heavy atom. The number of hydrogen-bond acceptors (Lipinski definition) is 8. The summed E-state index contributed by atoms with van der Waals surface area (Å²) in [5.41, 5.74) is 3.72. The van der Waals surface area contributed by atoms with Gasteiger partial charge in [0.25, 0.3) is 0 Å². The molecule has 1 fully saturated rings. The number of ether oxygens (including phenoxy) is 4. The van der Waals surface area contributed by atoms with Crippen LogP contribution in [-0.4, -0.2) is 56.2 Å². The van der Waals surface area contributed by atoms with Gasteiger partial charge >= 0.3 is 5.97 Å². The lowest BCUT2D eigenvalue weighted by molar-refractivity contribution is -0.260. The Kier molecular flexibility index (Phi) is 15.7. The zero-order chi connectivity index (χ0) is 46.0. The lowest BCUT2D eigenvalue weighted by Crippen LogP contribution is -2.45. The minimum atomic E-state index is -2.40. The zero-order valence-corrected chi connectivity index (χ0v) is 39.6. The molecule has 340 valence electrons. The van der Waals surface area contributed by atoms with Crippen LogP contribution in [0, 0.1) is 0 Å². The van der Waals surface area contributed by atoms with Crippen molar-refractivity contribution in [3.8, 4) is 0 Å². The van der Waals surface area contributed by atoms with Gasteiger partial charge in [-0.05, 0) is 70.6 Å². The molecular weight excluding hydrogens is 829 g/mol. The van der Waals surface area contributed by atoms with Crippen LogP contribution in [0.5, 0.6) is 0 Å². The van der Waals surface area contributed by atoms with Crippen LogP contribution in [0.1, 0.15) is 100 Å². The Bertz CT molecular complexity index is 2340. The van der Waals surface area contributed by atoms with Crippen LogP contribution in [0.4, 0.5) is 0 Å². The Hall–Kier alpha value is -5.26. The van der Waals surface area contributed by atoms with Gasteiger partial charge in [0.2, 0.25) is 0 Å². The largest absolute Gasteiger partial charge is 0.458 e. The van der Waals surface area contributed by atoms with E-state index in [0.29, 0.717) is 6.42 Å². The van der Waals surface area contributed by atoms with Crippen molar-refractivity contribution in [3.63, 3.8) is 0 Å². The predicted octanol–water partition coefficient (Wildman–Crippen LogP) is 12.2. The smallest absolute Gasteiger partial charge is 0.308 e. The number of benzene rings is 6. The van der Waals surface area contributed by atoms with Crippen LogP contribution in [0.2, 0.25) is 18.1 Å². The fourth-order valence-corrected chi connectivity index (χ4v) is 9.86. The lowest BCUT2D eigenvalue weighted by atomic mass is 9.80. The molecule has 1 aliphatic heterocycles. The van der Waals surface area contributed by atoms with Crippen LogP contribution < -0.4 is 0 Å². The van der Waals surface area contributed by atoms with E-state index >= 15 is 0 Å². The van der Waals surface area contributed by atoms with E-state index in [0.717, 1.165) is 38.6 Å². The van der Waals surface area contributed by atoms with Gasteiger partial charge in [-0.3, -0.25) is 9.59 Å². The van der Waals surface area contributed by atoms with Crippen LogP contribution in [0.3, 0.4) is 0 Å². The third-order valence-corrected chi connectivity index (χ3v) is 17.5. The van der Waals surface area contributed by atoms with Crippen molar-refractivity contribution in [1.82, 2.24) is 0 Å². The van der Waals surface area contributed by atoms with Crippen molar-refractivity contribution in [2.24, 2.45) is 0 Å². The number of fused-ring (bicyclic) bond motifs is 1. The topological polar surface area (TPSA) is 101 Å². The van der Waals surface area contributed by atoms with Crippen molar-refractivity contribution in [3.05, 3.63) is 192 Å². The number of esters is 1. The quantitative estimate of drug-likeness (QED) is 0.0487. The number of ketones is 1. The van der Waals surface area contributed by atoms with Crippen LogP contribution in [-0.2, 0) is 38.6 Å². The second-order valence-corrected chi connectivity index (χ2v) is 23.6. The standard InChI is InChI=1S/C56H64O8Si/c1-40(43-32-31-41-21-19-20-24-44(41)33-43)61-53(59)38-51(64-65(5,6)55(2,3)4)36-49(58)34-48(57)35-50-37-52(63-54(62-50)42-22-11-7-12-23-42)39-60-56(45-25-13-8-14-26-45,46-27-15-9-16-28-46)47-29-17-10-18-30-47/h7-33,40,49-52,54,58H,34-39H2,1-6H3/t40-,49+,50+,51-,52+,54+/m0/s1. The van der Waals surface area contributed by atoms with Gasteiger partial charge in [-0.25, -0.2) is 0 Å². The van der Waals surface area contributed by atoms with Crippen molar-refractivity contribution in [2.45, 2.75) is 120 Å². The molecule has 0 amide bonds. The Morgan fingerprint density at radius 2 is 1.22 bits per heavy atom. The molecule has 6 aromatic rings. The maximum Gasteiger partial charge on any atom is 0.308 e. The number of rotatable bonds is 19. The summed E-state index contributed by atoms with van der Waals surface area (Å²) in [4.78, 5) is 27.5. The highest BCUT2D eigenvalue weighted by molar-refractivity contribution is 6.74. The highest BCUT2D eigenvalue weighted by Crippen LogP contribution is 2.42. The van der Waals surface area contributed by atoms with E-state index in [4.69, 9.17) is 23.4 Å². The fraction of sp³-hybridized carbons (Fsp3) is 0.357. The number of hydrogen-bond donors (Lipinski definition) is 1. The number of aliphatic hydroxyl groups excluding tert-OH is 1. The van der Waals surface area contributed by atoms with E-state index in [1.165, 1.54) is 0 Å². The monoisotopic (exact) mass is 892 g/mol. The summed E-state index contributed by atoms with van der Waals surface area (Å²) in [7, 11) is -2.40. The second kappa shape index (κ2) is 21.4. The van der Waals surface area contributed by atoms with Gasteiger partial charge in [-0.15, -0.1) is 0 Å². The van der Waals surface area contributed by atoms with Crippen molar-refractivity contribution < 1.29 is 38.1 Å². The van der Waals surface area contributed by atoms with E-state index in [1.807, 2.05) is 128 Å². The molecule has 6 aromatic carbocycles. The van der Waals surface area contributed by atoms with E-state index < -0.39 is 56.7 Å². The summed E-state index contributed by atoms with van der Waals surface area (Å²) < 4.78 is 33.1. The van der Waals surface area contributed by atoms with Crippen molar-refractivity contribution >= 4 is 30.8 Å². The molecule has 1 N–H and O–H groups in total. The minimum absolute atomic E-state index is 0.0460. The third kappa shape index (κ3) is 12.2. The molecular formula is C56H64O8Si. The maximum atomic E-state index is 14.0. The average Bonchev–Trinajstić information content (AvgIpc) is 3.29. The fourth-order valence-electron chi connectivity index (χ4n) is 8.49. The van der Waals surface area contributed by atoms with Gasteiger partial charge in [0.15, 0.2) is 14.6 Å². The number of carbonyl (C=O) groups excluding carboxylic acids is 2. The molecule has 0 aromatic heterocycles. The van der Waals surface area contributed by atoms with Gasteiger partial charge in [0.1, 0.15) is 17.5 Å². The van der Waals surface area contributed by atoms with Crippen LogP contribution in [0.25, 0.3) is 10.8 Å². The van der Waals surface area contributed by atoms with Crippen LogP contribution >= 0.6 is 0 Å². The third-order valence-electron chi connectivity index (χ3n) is 12.9. The molecule has 65 heavy (non-hydrogen) atoms. The van der Waals surface area contributed by atoms with Crippen molar-refractivity contribution in [2.75, 3.05) is 6.61 Å². The Morgan fingerprint density at radius 3 is 1.78 bits per heavy atom. The molecule has 6 atom stereocenters. The van der Waals surface area contributed by atoms with Gasteiger partial charge in [-0.2, -0.15) is 0 Å². The van der Waals surface area contributed by atoms with E-state index in [1.54, 1.807) is 0 Å². The summed E-state index contributed by atoms with van der Waals surface area (Å²) in [6, 6.07) is 54.5. The zero-order valence-electron chi connectivity index (χ0n) is 38.6. The van der Waals surface area contributed by atoms with E-state index in [2.05, 4.69) is 76.3 Å². The predicted molar refractivity (Wildman–Crippen MR) is 259 cm³/mol. The van der Waals surface area contributed by atoms with E-state index in [-0.39, 0.29) is 43.1 Å². The molecule has 0 bridgehead atoms. The first-order chi connectivity index (χ1) is 31.2. The maximum absolute atomic E-state index is 14.0. The first-order valence-electron chi connectivity index (χ1n) is 22.9. The highest BCUT2D eigenvalue weighted by atomic mass is 28.4. The summed E-state index contributed by atoms with van der Waals surface area (Å²) in [5.74, 6) is -0.568. The highest BCUT2D eigenvalue weighted by Gasteiger charge is 2.42. The minimum Gasteiger partial charge on any atom is -0.458 e. The Balaban J connectivity index is 1.05. The van der Waals surface area contributed by atoms with Gasteiger partial charge in [0, 0.05) is 24.8 Å².